The molecule has 1 rings (SSSR count). The van der Waals surface area contributed by atoms with Gasteiger partial charge in [-0.3, -0.25) is 4.79 Å². The van der Waals surface area contributed by atoms with Gasteiger partial charge in [0.25, 0.3) is 0 Å². The second-order valence-corrected chi connectivity index (χ2v) is 4.78. The third kappa shape index (κ3) is 3.29. The molecule has 1 amide bonds. The Kier molecular flexibility index (Phi) is 3.93. The van der Waals surface area contributed by atoms with Gasteiger partial charge < -0.3 is 10.1 Å². The molecule has 0 saturated carbocycles. The van der Waals surface area contributed by atoms with E-state index in [4.69, 9.17) is 4.74 Å². The molecular weight excluding hydrogens is 178 g/mol. The average molecular weight is 199 g/mol. The lowest BCUT2D eigenvalue weighted by molar-refractivity contribution is -0.119. The molecular formula is C11H21NO2. The van der Waals surface area contributed by atoms with E-state index in [9.17, 15) is 4.79 Å². The van der Waals surface area contributed by atoms with Gasteiger partial charge in [0, 0.05) is 26.7 Å². The number of rotatable bonds is 3. The Morgan fingerprint density at radius 2 is 2.00 bits per heavy atom. The molecule has 1 fully saturated rings. The first-order chi connectivity index (χ1) is 6.52. The molecule has 3 nitrogen and oxygen atoms in total. The summed E-state index contributed by atoms with van der Waals surface area (Å²) in [7, 11) is 0. The summed E-state index contributed by atoms with van der Waals surface area (Å²) >= 11 is 0. The summed E-state index contributed by atoms with van der Waals surface area (Å²) in [4.78, 5) is 10.8. The van der Waals surface area contributed by atoms with Crippen LogP contribution in [0.15, 0.2) is 0 Å². The van der Waals surface area contributed by atoms with Crippen LogP contribution in [-0.2, 0) is 9.53 Å². The highest BCUT2D eigenvalue weighted by atomic mass is 16.5. The number of ether oxygens (including phenoxy) is 1. The van der Waals surface area contributed by atoms with Crippen LogP contribution in [0.5, 0.6) is 0 Å². The Hall–Kier alpha value is -0.570. The summed E-state index contributed by atoms with van der Waals surface area (Å²) < 4.78 is 5.33. The fourth-order valence-electron chi connectivity index (χ4n) is 1.98. The first-order valence-electron chi connectivity index (χ1n) is 5.34. The van der Waals surface area contributed by atoms with E-state index in [2.05, 4.69) is 19.2 Å². The van der Waals surface area contributed by atoms with E-state index in [1.807, 2.05) is 0 Å². The second-order valence-electron chi connectivity index (χ2n) is 4.78. The van der Waals surface area contributed by atoms with Crippen LogP contribution in [0, 0.1) is 11.3 Å². The van der Waals surface area contributed by atoms with Crippen molar-refractivity contribution in [1.29, 1.82) is 0 Å². The van der Waals surface area contributed by atoms with Crippen molar-refractivity contribution in [3.63, 3.8) is 0 Å². The summed E-state index contributed by atoms with van der Waals surface area (Å²) in [5, 5.41) is 2.90. The molecule has 3 heteroatoms. The van der Waals surface area contributed by atoms with Gasteiger partial charge >= 0.3 is 0 Å². The molecule has 1 heterocycles. The van der Waals surface area contributed by atoms with Crippen molar-refractivity contribution in [2.45, 2.75) is 33.6 Å². The van der Waals surface area contributed by atoms with Crippen LogP contribution in [0.25, 0.3) is 0 Å². The van der Waals surface area contributed by atoms with Crippen molar-refractivity contribution >= 4 is 5.91 Å². The maximum atomic E-state index is 10.8. The highest BCUT2D eigenvalue weighted by Crippen LogP contribution is 2.33. The zero-order valence-electron chi connectivity index (χ0n) is 9.43. The van der Waals surface area contributed by atoms with Gasteiger partial charge in [0.15, 0.2) is 0 Å². The predicted molar refractivity (Wildman–Crippen MR) is 56.0 cm³/mol. The third-order valence-electron chi connectivity index (χ3n) is 3.12. The zero-order chi connectivity index (χ0) is 10.6. The lowest BCUT2D eigenvalue weighted by atomic mass is 9.74. The number of nitrogens with one attached hydrogen (secondary N) is 1. The van der Waals surface area contributed by atoms with Crippen LogP contribution < -0.4 is 5.32 Å². The number of amides is 1. The van der Waals surface area contributed by atoms with Crippen molar-refractivity contribution in [3.05, 3.63) is 0 Å². The molecule has 82 valence electrons. The highest BCUT2D eigenvalue weighted by Gasteiger charge is 2.30. The van der Waals surface area contributed by atoms with E-state index in [-0.39, 0.29) is 11.3 Å². The highest BCUT2D eigenvalue weighted by molar-refractivity contribution is 5.72. The van der Waals surface area contributed by atoms with Crippen molar-refractivity contribution in [1.82, 2.24) is 5.32 Å². The Bertz CT molecular complexity index is 195. The average Bonchev–Trinajstić information content (AvgIpc) is 2.16. The minimum Gasteiger partial charge on any atom is -0.381 e. The molecule has 0 unspecified atom stereocenters. The maximum Gasteiger partial charge on any atom is 0.216 e. The van der Waals surface area contributed by atoms with Crippen LogP contribution >= 0.6 is 0 Å². The molecule has 1 N–H and O–H groups in total. The fourth-order valence-corrected chi connectivity index (χ4v) is 1.98. The van der Waals surface area contributed by atoms with E-state index in [0.717, 1.165) is 32.6 Å². The van der Waals surface area contributed by atoms with Gasteiger partial charge in [-0.1, -0.05) is 13.8 Å². The summed E-state index contributed by atoms with van der Waals surface area (Å²) in [6.07, 6.45) is 2.24. The standard InChI is InChI=1S/C11H21NO2/c1-9(13)12-8-11(2,3)10-4-6-14-7-5-10/h10H,4-8H2,1-3H3,(H,12,13). The number of hydrogen-bond donors (Lipinski definition) is 1. The molecule has 0 aromatic rings. The van der Waals surface area contributed by atoms with Gasteiger partial charge in [-0.2, -0.15) is 0 Å². The van der Waals surface area contributed by atoms with E-state index in [0.29, 0.717) is 5.92 Å². The van der Waals surface area contributed by atoms with Crippen LogP contribution in [-0.4, -0.2) is 25.7 Å². The molecule has 0 spiro atoms. The lowest BCUT2D eigenvalue weighted by Crippen LogP contribution is -2.39. The van der Waals surface area contributed by atoms with Crippen molar-refractivity contribution < 1.29 is 9.53 Å². The minimum absolute atomic E-state index is 0.0603. The Morgan fingerprint density at radius 3 is 2.50 bits per heavy atom. The summed E-state index contributed by atoms with van der Waals surface area (Å²) in [5.74, 6) is 0.730. The van der Waals surface area contributed by atoms with Crippen LogP contribution in [0.1, 0.15) is 33.6 Å². The normalized spacial score (nSPS) is 19.4. The molecule has 0 bridgehead atoms. The molecule has 0 aliphatic carbocycles. The van der Waals surface area contributed by atoms with Crippen molar-refractivity contribution in [3.8, 4) is 0 Å². The number of hydrogen-bond acceptors (Lipinski definition) is 2. The van der Waals surface area contributed by atoms with E-state index in [1.165, 1.54) is 0 Å². The van der Waals surface area contributed by atoms with Gasteiger partial charge in [0.05, 0.1) is 0 Å². The summed E-state index contributed by atoms with van der Waals surface area (Å²) in [6, 6.07) is 0. The predicted octanol–water partition coefficient (Wildman–Crippen LogP) is 1.58. The quantitative estimate of drug-likeness (QED) is 0.749. The first-order valence-corrected chi connectivity index (χ1v) is 5.34. The Morgan fingerprint density at radius 1 is 1.43 bits per heavy atom. The Balaban J connectivity index is 2.41. The molecule has 1 saturated heterocycles. The largest absolute Gasteiger partial charge is 0.381 e. The molecule has 1 aliphatic rings. The SMILES string of the molecule is CC(=O)NCC(C)(C)C1CCOCC1. The Labute approximate surface area is 86.2 Å². The van der Waals surface area contributed by atoms with Gasteiger partial charge in [0.2, 0.25) is 5.91 Å². The van der Waals surface area contributed by atoms with Crippen molar-refractivity contribution in [2.75, 3.05) is 19.8 Å². The molecule has 1 aliphatic heterocycles. The molecule has 0 radical (unpaired) electrons. The lowest BCUT2D eigenvalue weighted by Gasteiger charge is -2.36. The number of carbonyl (C=O) groups excluding carboxylic acids is 1. The molecule has 14 heavy (non-hydrogen) atoms. The van der Waals surface area contributed by atoms with Crippen LogP contribution in [0.2, 0.25) is 0 Å². The smallest absolute Gasteiger partial charge is 0.216 e. The third-order valence-corrected chi connectivity index (χ3v) is 3.12. The number of carbonyl (C=O) groups is 1. The van der Waals surface area contributed by atoms with Gasteiger partial charge in [-0.15, -0.1) is 0 Å². The molecule has 0 aromatic heterocycles. The van der Waals surface area contributed by atoms with Crippen molar-refractivity contribution in [2.24, 2.45) is 11.3 Å². The topological polar surface area (TPSA) is 38.3 Å². The summed E-state index contributed by atoms with van der Waals surface area (Å²) in [5.41, 5.74) is 0.190. The molecule has 0 aromatic carbocycles. The molecule has 0 atom stereocenters. The van der Waals surface area contributed by atoms with Gasteiger partial charge in [-0.05, 0) is 24.2 Å². The van der Waals surface area contributed by atoms with E-state index < -0.39 is 0 Å². The van der Waals surface area contributed by atoms with Gasteiger partial charge in [-0.25, -0.2) is 0 Å². The van der Waals surface area contributed by atoms with Crippen LogP contribution in [0.3, 0.4) is 0 Å². The fraction of sp³-hybridized carbons (Fsp3) is 0.909. The van der Waals surface area contributed by atoms with E-state index in [1.54, 1.807) is 6.92 Å². The summed E-state index contributed by atoms with van der Waals surface area (Å²) in [6.45, 7) is 8.52. The van der Waals surface area contributed by atoms with Crippen LogP contribution in [0.4, 0.5) is 0 Å². The second kappa shape index (κ2) is 4.78. The maximum absolute atomic E-state index is 10.8. The monoisotopic (exact) mass is 199 g/mol. The van der Waals surface area contributed by atoms with E-state index >= 15 is 0 Å². The van der Waals surface area contributed by atoms with Gasteiger partial charge in [0.1, 0.15) is 0 Å². The minimum atomic E-state index is 0.0603. The zero-order valence-corrected chi connectivity index (χ0v) is 9.43. The first kappa shape index (κ1) is 11.5.